The van der Waals surface area contributed by atoms with Crippen LogP contribution in [-0.4, -0.2) is 24.6 Å². The van der Waals surface area contributed by atoms with Crippen molar-refractivity contribution < 1.29 is 4.74 Å². The van der Waals surface area contributed by atoms with E-state index in [0.717, 1.165) is 24.2 Å². The number of hydrogen-bond donors (Lipinski definition) is 2. The molecule has 0 bridgehead atoms. The number of guanidine groups is 1. The molecule has 0 aliphatic heterocycles. The number of aliphatic imine (C=N–C) groups is 1. The molecule has 3 rings (SSSR count). The molecule has 0 fully saturated rings. The number of rotatable bonds is 5. The maximum atomic E-state index is 5.96. The predicted molar refractivity (Wildman–Crippen MR) is 108 cm³/mol. The summed E-state index contributed by atoms with van der Waals surface area (Å²) in [5.41, 5.74) is 10.8. The molecule has 128 valence electrons. The van der Waals surface area contributed by atoms with Crippen molar-refractivity contribution in [3.05, 3.63) is 53.2 Å². The largest absolute Gasteiger partial charge is 0.481 e. The Balaban J connectivity index is 0.00000208. The second kappa shape index (κ2) is 8.86. The number of nitrogens with two attached hydrogens (primary N) is 1. The molecule has 24 heavy (non-hydrogen) atoms. The average Bonchev–Trinajstić information content (AvgIpc) is 3.02. The predicted octanol–water partition coefficient (Wildman–Crippen LogP) is 3.17. The van der Waals surface area contributed by atoms with Gasteiger partial charge in [-0.3, -0.25) is 4.99 Å². The molecule has 0 amide bonds. The van der Waals surface area contributed by atoms with Crippen LogP contribution < -0.4 is 15.8 Å². The van der Waals surface area contributed by atoms with Crippen LogP contribution in [-0.2, 0) is 19.3 Å². The van der Waals surface area contributed by atoms with Gasteiger partial charge < -0.3 is 15.8 Å². The van der Waals surface area contributed by atoms with E-state index in [1.54, 1.807) is 7.11 Å². The Bertz CT molecular complexity index is 718. The lowest BCUT2D eigenvalue weighted by molar-refractivity contribution is 0.396. The summed E-state index contributed by atoms with van der Waals surface area (Å²) in [6.45, 7) is 0.587. The third-order valence-electron chi connectivity index (χ3n) is 4.01. The number of nitrogens with one attached hydrogen (secondary N) is 1. The fourth-order valence-corrected chi connectivity index (χ4v) is 2.84. The first-order valence-electron chi connectivity index (χ1n) is 7.93. The van der Waals surface area contributed by atoms with Gasteiger partial charge in [0.2, 0.25) is 5.88 Å². The average molecular weight is 438 g/mol. The van der Waals surface area contributed by atoms with Gasteiger partial charge in [-0.2, -0.15) is 0 Å². The smallest absolute Gasteiger partial charge is 0.213 e. The maximum Gasteiger partial charge on any atom is 0.213 e. The van der Waals surface area contributed by atoms with Crippen LogP contribution in [0.5, 0.6) is 5.88 Å². The third-order valence-corrected chi connectivity index (χ3v) is 4.01. The zero-order valence-electron chi connectivity index (χ0n) is 13.8. The van der Waals surface area contributed by atoms with Crippen molar-refractivity contribution in [1.29, 1.82) is 0 Å². The molecular weight excluding hydrogens is 415 g/mol. The Kier molecular flexibility index (Phi) is 6.84. The van der Waals surface area contributed by atoms with Crippen LogP contribution >= 0.6 is 24.0 Å². The summed E-state index contributed by atoms with van der Waals surface area (Å²) < 4.78 is 5.11. The summed E-state index contributed by atoms with van der Waals surface area (Å²) >= 11 is 0. The van der Waals surface area contributed by atoms with Gasteiger partial charge in [0.15, 0.2) is 5.96 Å². The molecule has 0 radical (unpaired) electrons. The van der Waals surface area contributed by atoms with Crippen molar-refractivity contribution in [3.8, 4) is 5.88 Å². The molecule has 3 N–H and O–H groups in total. The van der Waals surface area contributed by atoms with E-state index in [4.69, 9.17) is 10.5 Å². The molecular formula is C18H23IN4O. The Morgan fingerprint density at radius 1 is 1.25 bits per heavy atom. The molecule has 1 aromatic carbocycles. The normalized spacial score (nSPS) is 13.1. The number of fused-ring (bicyclic) bond motifs is 1. The van der Waals surface area contributed by atoms with Gasteiger partial charge in [0.1, 0.15) is 0 Å². The van der Waals surface area contributed by atoms with Crippen LogP contribution in [0.4, 0.5) is 5.69 Å². The van der Waals surface area contributed by atoms with Gasteiger partial charge in [-0.05, 0) is 48.6 Å². The minimum Gasteiger partial charge on any atom is -0.481 e. The van der Waals surface area contributed by atoms with Crippen molar-refractivity contribution in [2.45, 2.75) is 25.7 Å². The minimum absolute atomic E-state index is 0. The molecule has 2 aromatic rings. The van der Waals surface area contributed by atoms with Crippen LogP contribution in [0.1, 0.15) is 23.2 Å². The summed E-state index contributed by atoms with van der Waals surface area (Å²) in [4.78, 5) is 8.72. The topological polar surface area (TPSA) is 72.5 Å². The van der Waals surface area contributed by atoms with E-state index < -0.39 is 0 Å². The van der Waals surface area contributed by atoms with Crippen molar-refractivity contribution in [1.82, 2.24) is 4.98 Å². The first-order valence-corrected chi connectivity index (χ1v) is 7.93. The minimum atomic E-state index is 0. The van der Waals surface area contributed by atoms with E-state index in [1.165, 1.54) is 24.0 Å². The van der Waals surface area contributed by atoms with Crippen LogP contribution in [0, 0.1) is 0 Å². The van der Waals surface area contributed by atoms with Gasteiger partial charge in [0.25, 0.3) is 0 Å². The van der Waals surface area contributed by atoms with Crippen LogP contribution in [0.15, 0.2) is 41.4 Å². The highest BCUT2D eigenvalue weighted by molar-refractivity contribution is 14.0. The first-order chi connectivity index (χ1) is 11.2. The number of aryl methyl sites for hydroxylation is 2. The standard InChI is InChI=1S/C18H22N4O.HI/c1-23-17-7-3-6-15(21-17)10-11-20-18(19)22-16-9-8-13-4-2-5-14(13)12-16;/h3,6-9,12H,2,4-5,10-11H2,1H3,(H3,19,20,22);1H. The number of halogens is 1. The number of nitrogens with zero attached hydrogens (tertiary/aromatic N) is 2. The van der Waals surface area contributed by atoms with E-state index in [1.807, 2.05) is 18.2 Å². The Morgan fingerprint density at radius 2 is 2.08 bits per heavy atom. The number of pyridine rings is 1. The monoisotopic (exact) mass is 438 g/mol. The molecule has 6 heteroatoms. The number of hydrogen-bond acceptors (Lipinski definition) is 3. The van der Waals surface area contributed by atoms with Crippen molar-refractivity contribution in [2.75, 3.05) is 19.0 Å². The third kappa shape index (κ3) is 4.83. The Labute approximate surface area is 159 Å². The van der Waals surface area contributed by atoms with Gasteiger partial charge in [-0.15, -0.1) is 24.0 Å². The molecule has 0 atom stereocenters. The highest BCUT2D eigenvalue weighted by atomic mass is 127. The molecule has 0 unspecified atom stereocenters. The number of benzene rings is 1. The lowest BCUT2D eigenvalue weighted by Gasteiger charge is -2.08. The molecule has 1 aromatic heterocycles. The number of ether oxygens (including phenoxy) is 1. The quantitative estimate of drug-likeness (QED) is 0.428. The van der Waals surface area contributed by atoms with Gasteiger partial charge in [-0.1, -0.05) is 12.1 Å². The van der Waals surface area contributed by atoms with Crippen LogP contribution in [0.25, 0.3) is 0 Å². The number of aromatic nitrogens is 1. The molecule has 1 aliphatic carbocycles. The van der Waals surface area contributed by atoms with Crippen molar-refractivity contribution in [2.24, 2.45) is 10.7 Å². The van der Waals surface area contributed by atoms with Crippen molar-refractivity contribution in [3.63, 3.8) is 0 Å². The number of anilines is 1. The molecule has 0 spiro atoms. The second-order valence-electron chi connectivity index (χ2n) is 5.65. The lowest BCUT2D eigenvalue weighted by Crippen LogP contribution is -2.23. The fraction of sp³-hybridized carbons (Fsp3) is 0.333. The number of methoxy groups -OCH3 is 1. The molecule has 5 nitrogen and oxygen atoms in total. The highest BCUT2D eigenvalue weighted by Crippen LogP contribution is 2.24. The molecule has 0 saturated carbocycles. The Hall–Kier alpha value is -1.83. The van der Waals surface area contributed by atoms with Gasteiger partial charge in [0, 0.05) is 30.4 Å². The molecule has 1 heterocycles. The maximum absolute atomic E-state index is 5.96. The van der Waals surface area contributed by atoms with Crippen LogP contribution in [0.2, 0.25) is 0 Å². The summed E-state index contributed by atoms with van der Waals surface area (Å²) in [7, 11) is 1.61. The van der Waals surface area contributed by atoms with Crippen molar-refractivity contribution >= 4 is 35.6 Å². The van der Waals surface area contributed by atoms with E-state index in [-0.39, 0.29) is 24.0 Å². The zero-order chi connectivity index (χ0) is 16.1. The zero-order valence-corrected chi connectivity index (χ0v) is 16.1. The molecule has 0 saturated heterocycles. The summed E-state index contributed by atoms with van der Waals surface area (Å²) in [6, 6.07) is 12.1. The van der Waals surface area contributed by atoms with E-state index in [0.29, 0.717) is 18.4 Å². The SMILES string of the molecule is COc1cccc(CCN=C(N)Nc2ccc3c(c2)CCC3)n1.I. The Morgan fingerprint density at radius 3 is 2.92 bits per heavy atom. The highest BCUT2D eigenvalue weighted by Gasteiger charge is 2.10. The first kappa shape index (κ1) is 18.5. The lowest BCUT2D eigenvalue weighted by atomic mass is 10.1. The second-order valence-corrected chi connectivity index (χ2v) is 5.65. The van der Waals surface area contributed by atoms with Gasteiger partial charge in [0.05, 0.1) is 7.11 Å². The summed E-state index contributed by atoms with van der Waals surface area (Å²) in [5, 5.41) is 3.16. The van der Waals surface area contributed by atoms with Gasteiger partial charge >= 0.3 is 0 Å². The van der Waals surface area contributed by atoms with E-state index in [2.05, 4.69) is 33.5 Å². The summed E-state index contributed by atoms with van der Waals surface area (Å²) in [6.07, 6.45) is 4.32. The van der Waals surface area contributed by atoms with Crippen LogP contribution in [0.3, 0.4) is 0 Å². The summed E-state index contributed by atoms with van der Waals surface area (Å²) in [5.74, 6) is 1.06. The van der Waals surface area contributed by atoms with Gasteiger partial charge in [-0.25, -0.2) is 4.98 Å². The molecule has 1 aliphatic rings. The fourth-order valence-electron chi connectivity index (χ4n) is 2.84. The van der Waals surface area contributed by atoms with E-state index in [9.17, 15) is 0 Å². The van der Waals surface area contributed by atoms with E-state index >= 15 is 0 Å².